The molecule has 6 nitrogen and oxygen atoms in total. The summed E-state index contributed by atoms with van der Waals surface area (Å²) in [6.07, 6.45) is 3.74. The number of methoxy groups -OCH3 is 1. The van der Waals surface area contributed by atoms with E-state index in [0.29, 0.717) is 12.3 Å². The average Bonchev–Trinajstić information content (AvgIpc) is 3.19. The molecular formula is C23H21N3O3. The van der Waals surface area contributed by atoms with Gasteiger partial charge in [0.05, 0.1) is 25.5 Å². The monoisotopic (exact) mass is 387 g/mol. The second-order valence-corrected chi connectivity index (χ2v) is 6.46. The molecule has 0 aliphatic rings. The van der Waals surface area contributed by atoms with Crippen LogP contribution in [0.2, 0.25) is 0 Å². The normalized spacial score (nSPS) is 10.7. The number of imidazole rings is 1. The molecule has 0 atom stereocenters. The highest BCUT2D eigenvalue weighted by molar-refractivity contribution is 5.94. The van der Waals surface area contributed by atoms with E-state index in [1.54, 1.807) is 42.5 Å². The minimum absolute atomic E-state index is 0.0715. The molecule has 146 valence electrons. The van der Waals surface area contributed by atoms with Crippen molar-refractivity contribution in [1.29, 1.82) is 0 Å². The van der Waals surface area contributed by atoms with E-state index >= 15 is 0 Å². The van der Waals surface area contributed by atoms with Gasteiger partial charge in [0.2, 0.25) is 0 Å². The number of fused-ring (bicyclic) bond motifs is 1. The maximum atomic E-state index is 13.0. The number of ether oxygens (including phenoxy) is 2. The Bertz CT molecular complexity index is 1090. The molecule has 1 amide bonds. The summed E-state index contributed by atoms with van der Waals surface area (Å²) in [5.41, 5.74) is 2.57. The van der Waals surface area contributed by atoms with Crippen LogP contribution in [0.15, 0.2) is 85.2 Å². The number of carbonyl (C=O) groups excluding carboxylic acids is 1. The van der Waals surface area contributed by atoms with Gasteiger partial charge in [-0.3, -0.25) is 4.79 Å². The van der Waals surface area contributed by atoms with E-state index in [-0.39, 0.29) is 12.5 Å². The number of hydrogen-bond acceptors (Lipinski definition) is 4. The average molecular weight is 387 g/mol. The largest absolute Gasteiger partial charge is 0.497 e. The predicted octanol–water partition coefficient (Wildman–Crippen LogP) is 3.96. The maximum Gasteiger partial charge on any atom is 0.265 e. The molecule has 0 bridgehead atoms. The highest BCUT2D eigenvalue weighted by Gasteiger charge is 2.18. The third-order valence-corrected chi connectivity index (χ3v) is 4.60. The standard InChI is InChI=1S/C23H21N3O3/c1-28-20-10-12-21(13-11-20)29-17-23(27)26(18-7-3-2-4-8-18)16-19-15-24-22-9-5-6-14-25(19)22/h2-15H,16-17H2,1H3. The molecule has 0 fully saturated rings. The topological polar surface area (TPSA) is 56.1 Å². The van der Waals surface area contributed by atoms with Crippen LogP contribution in [0.3, 0.4) is 0 Å². The molecule has 0 radical (unpaired) electrons. The maximum absolute atomic E-state index is 13.0. The quantitative estimate of drug-likeness (QED) is 0.482. The summed E-state index contributed by atoms with van der Waals surface area (Å²) in [6, 6.07) is 22.5. The summed E-state index contributed by atoms with van der Waals surface area (Å²) in [5.74, 6) is 1.21. The van der Waals surface area contributed by atoms with Crippen LogP contribution in [0, 0.1) is 0 Å². The zero-order valence-corrected chi connectivity index (χ0v) is 16.1. The number of aromatic nitrogens is 2. The Morgan fingerprint density at radius 3 is 2.45 bits per heavy atom. The van der Waals surface area contributed by atoms with Crippen LogP contribution >= 0.6 is 0 Å². The fourth-order valence-electron chi connectivity index (χ4n) is 3.09. The van der Waals surface area contributed by atoms with Gasteiger partial charge < -0.3 is 18.8 Å². The molecule has 2 aromatic heterocycles. The molecule has 2 aromatic carbocycles. The van der Waals surface area contributed by atoms with Crippen molar-refractivity contribution in [3.05, 3.63) is 90.9 Å². The van der Waals surface area contributed by atoms with Gasteiger partial charge in [-0.2, -0.15) is 0 Å². The molecule has 6 heteroatoms. The summed E-state index contributed by atoms with van der Waals surface area (Å²) in [6.45, 7) is 0.317. The Morgan fingerprint density at radius 2 is 1.69 bits per heavy atom. The highest BCUT2D eigenvalue weighted by atomic mass is 16.5. The third-order valence-electron chi connectivity index (χ3n) is 4.60. The first kappa shape index (κ1) is 18.6. The smallest absolute Gasteiger partial charge is 0.265 e. The minimum atomic E-state index is -0.141. The number of carbonyl (C=O) groups is 1. The first-order valence-corrected chi connectivity index (χ1v) is 9.28. The molecule has 0 saturated carbocycles. The van der Waals surface area contributed by atoms with E-state index in [0.717, 1.165) is 22.8 Å². The van der Waals surface area contributed by atoms with Gasteiger partial charge in [-0.15, -0.1) is 0 Å². The Kier molecular flexibility index (Phi) is 5.42. The number of pyridine rings is 1. The fraction of sp³-hybridized carbons (Fsp3) is 0.130. The lowest BCUT2D eigenvalue weighted by molar-refractivity contribution is -0.120. The second kappa shape index (κ2) is 8.48. The minimum Gasteiger partial charge on any atom is -0.497 e. The Morgan fingerprint density at radius 1 is 0.966 bits per heavy atom. The lowest BCUT2D eigenvalue weighted by atomic mass is 10.2. The summed E-state index contributed by atoms with van der Waals surface area (Å²) in [5, 5.41) is 0. The summed E-state index contributed by atoms with van der Waals surface area (Å²) >= 11 is 0. The van der Waals surface area contributed by atoms with Crippen LogP contribution in [-0.4, -0.2) is 29.0 Å². The van der Waals surface area contributed by atoms with Crippen LogP contribution in [-0.2, 0) is 11.3 Å². The van der Waals surface area contributed by atoms with E-state index in [1.807, 2.05) is 59.1 Å². The number of amides is 1. The molecule has 4 aromatic rings. The third kappa shape index (κ3) is 4.21. The van der Waals surface area contributed by atoms with Crippen molar-refractivity contribution >= 4 is 17.2 Å². The summed E-state index contributed by atoms with van der Waals surface area (Å²) in [7, 11) is 1.61. The second-order valence-electron chi connectivity index (χ2n) is 6.46. The van der Waals surface area contributed by atoms with E-state index < -0.39 is 0 Å². The molecule has 0 N–H and O–H groups in total. The van der Waals surface area contributed by atoms with Crippen molar-refractivity contribution < 1.29 is 14.3 Å². The SMILES string of the molecule is COc1ccc(OCC(=O)N(Cc2cnc3ccccn23)c2ccccc2)cc1. The zero-order valence-electron chi connectivity index (χ0n) is 16.1. The van der Waals surface area contributed by atoms with Gasteiger partial charge in [-0.25, -0.2) is 4.98 Å². The van der Waals surface area contributed by atoms with Gasteiger partial charge in [0.25, 0.3) is 5.91 Å². The highest BCUT2D eigenvalue weighted by Crippen LogP contribution is 2.20. The number of nitrogens with zero attached hydrogens (tertiary/aromatic N) is 3. The molecule has 0 spiro atoms. The Hall–Kier alpha value is -3.80. The first-order valence-electron chi connectivity index (χ1n) is 9.28. The summed E-state index contributed by atoms with van der Waals surface area (Å²) in [4.78, 5) is 19.2. The number of hydrogen-bond donors (Lipinski definition) is 0. The van der Waals surface area contributed by atoms with Crippen LogP contribution in [0.25, 0.3) is 5.65 Å². The molecule has 29 heavy (non-hydrogen) atoms. The van der Waals surface area contributed by atoms with Crippen LogP contribution in [0.1, 0.15) is 5.69 Å². The Labute approximate surface area is 168 Å². The van der Waals surface area contributed by atoms with E-state index in [2.05, 4.69) is 4.98 Å². The van der Waals surface area contributed by atoms with Crippen molar-refractivity contribution in [2.24, 2.45) is 0 Å². The molecule has 0 aliphatic heterocycles. The number of para-hydroxylation sites is 1. The Balaban J connectivity index is 1.54. The molecule has 2 heterocycles. The first-order chi connectivity index (χ1) is 14.2. The predicted molar refractivity (Wildman–Crippen MR) is 111 cm³/mol. The number of rotatable bonds is 7. The van der Waals surface area contributed by atoms with Crippen molar-refractivity contribution in [1.82, 2.24) is 9.38 Å². The van der Waals surface area contributed by atoms with E-state index in [4.69, 9.17) is 9.47 Å². The molecule has 0 aliphatic carbocycles. The van der Waals surface area contributed by atoms with Crippen molar-refractivity contribution in [3.63, 3.8) is 0 Å². The number of benzene rings is 2. The van der Waals surface area contributed by atoms with Gasteiger partial charge >= 0.3 is 0 Å². The fourth-order valence-corrected chi connectivity index (χ4v) is 3.09. The van der Waals surface area contributed by atoms with Crippen LogP contribution in [0.4, 0.5) is 5.69 Å². The van der Waals surface area contributed by atoms with Gasteiger partial charge in [0.15, 0.2) is 6.61 Å². The lowest BCUT2D eigenvalue weighted by Crippen LogP contribution is -2.34. The van der Waals surface area contributed by atoms with E-state index in [1.165, 1.54) is 0 Å². The van der Waals surface area contributed by atoms with Gasteiger partial charge in [-0.1, -0.05) is 24.3 Å². The van der Waals surface area contributed by atoms with Gasteiger partial charge in [0, 0.05) is 11.9 Å². The molecule has 0 saturated heterocycles. The van der Waals surface area contributed by atoms with E-state index in [9.17, 15) is 4.79 Å². The van der Waals surface area contributed by atoms with Crippen molar-refractivity contribution in [3.8, 4) is 11.5 Å². The van der Waals surface area contributed by atoms with Gasteiger partial charge in [0.1, 0.15) is 17.1 Å². The van der Waals surface area contributed by atoms with Crippen molar-refractivity contribution in [2.45, 2.75) is 6.54 Å². The molecule has 0 unspecified atom stereocenters. The number of anilines is 1. The molecule has 4 rings (SSSR count). The zero-order chi connectivity index (χ0) is 20.1. The summed E-state index contributed by atoms with van der Waals surface area (Å²) < 4.78 is 12.8. The van der Waals surface area contributed by atoms with Crippen LogP contribution < -0.4 is 14.4 Å². The van der Waals surface area contributed by atoms with Crippen LogP contribution in [0.5, 0.6) is 11.5 Å². The molecular weight excluding hydrogens is 366 g/mol. The lowest BCUT2D eigenvalue weighted by Gasteiger charge is -2.23. The van der Waals surface area contributed by atoms with Gasteiger partial charge in [-0.05, 0) is 48.5 Å². The van der Waals surface area contributed by atoms with Crippen molar-refractivity contribution in [2.75, 3.05) is 18.6 Å².